The van der Waals surface area contributed by atoms with Crippen molar-refractivity contribution in [2.45, 2.75) is 6.43 Å². The first-order valence-electron chi connectivity index (χ1n) is 6.25. The second-order valence-corrected chi connectivity index (χ2v) is 4.59. The topological polar surface area (TPSA) is 102 Å². The zero-order chi connectivity index (χ0) is 15.7. The molecule has 0 fully saturated rings. The third-order valence-electron chi connectivity index (χ3n) is 3.14. The maximum Gasteiger partial charge on any atom is 0.332 e. The van der Waals surface area contributed by atoms with E-state index in [2.05, 4.69) is 9.97 Å². The quantitative estimate of drug-likeness (QED) is 0.737. The van der Waals surface area contributed by atoms with Crippen LogP contribution in [-0.2, 0) is 14.1 Å². The lowest BCUT2D eigenvalue weighted by Gasteiger charge is -2.20. The van der Waals surface area contributed by atoms with E-state index in [9.17, 15) is 18.4 Å². The largest absolute Gasteiger partial charge is 0.335 e. The van der Waals surface area contributed by atoms with E-state index in [-0.39, 0.29) is 30.2 Å². The highest BCUT2D eigenvalue weighted by atomic mass is 19.3. The van der Waals surface area contributed by atoms with Crippen molar-refractivity contribution in [3.63, 3.8) is 0 Å². The van der Waals surface area contributed by atoms with Crippen LogP contribution in [0.5, 0.6) is 0 Å². The number of anilines is 1. The predicted molar refractivity (Wildman–Crippen MR) is 73.8 cm³/mol. The van der Waals surface area contributed by atoms with Crippen molar-refractivity contribution in [2.75, 3.05) is 24.5 Å². The van der Waals surface area contributed by atoms with Gasteiger partial charge in [-0.05, 0) is 0 Å². The number of H-pyrrole nitrogens is 1. The van der Waals surface area contributed by atoms with Crippen LogP contribution in [0.25, 0.3) is 11.2 Å². The number of aryl methyl sites for hydroxylation is 1. The number of nitrogens with two attached hydrogens (primary N) is 1. The van der Waals surface area contributed by atoms with E-state index >= 15 is 0 Å². The standard InChI is InChI=1S/C11H16F2N6O2/c1-17-8-7(9(20)18(2)11(17)21)15-10(16-8)19(4-3-14)5-6(12)13/h6H,3-5,14H2,1-2H3,(H,15,16). The molecule has 0 aromatic carbocycles. The van der Waals surface area contributed by atoms with E-state index in [1.807, 2.05) is 0 Å². The predicted octanol–water partition coefficient (Wildman–Crippen LogP) is -1.01. The Bertz CT molecular complexity index is 762. The summed E-state index contributed by atoms with van der Waals surface area (Å²) in [5, 5.41) is 0. The zero-order valence-corrected chi connectivity index (χ0v) is 11.6. The van der Waals surface area contributed by atoms with Gasteiger partial charge in [-0.1, -0.05) is 0 Å². The van der Waals surface area contributed by atoms with Gasteiger partial charge in [-0.25, -0.2) is 13.6 Å². The monoisotopic (exact) mass is 302 g/mol. The number of fused-ring (bicyclic) bond motifs is 1. The van der Waals surface area contributed by atoms with Crippen molar-refractivity contribution in [2.24, 2.45) is 19.8 Å². The van der Waals surface area contributed by atoms with Gasteiger partial charge in [0.1, 0.15) is 0 Å². The number of rotatable bonds is 5. The van der Waals surface area contributed by atoms with Crippen molar-refractivity contribution in [1.29, 1.82) is 0 Å². The number of halogens is 2. The average Bonchev–Trinajstić information content (AvgIpc) is 2.87. The minimum Gasteiger partial charge on any atom is -0.335 e. The molecule has 0 bridgehead atoms. The smallest absolute Gasteiger partial charge is 0.332 e. The highest BCUT2D eigenvalue weighted by Gasteiger charge is 2.19. The molecule has 2 rings (SSSR count). The summed E-state index contributed by atoms with van der Waals surface area (Å²) in [7, 11) is 2.79. The van der Waals surface area contributed by atoms with Gasteiger partial charge in [-0.15, -0.1) is 0 Å². The fraction of sp³-hybridized carbons (Fsp3) is 0.545. The third-order valence-corrected chi connectivity index (χ3v) is 3.14. The first kappa shape index (κ1) is 15.2. The van der Waals surface area contributed by atoms with E-state index in [0.717, 1.165) is 4.57 Å². The molecule has 8 nitrogen and oxygen atoms in total. The number of aromatic nitrogens is 4. The number of imidazole rings is 1. The van der Waals surface area contributed by atoms with E-state index < -0.39 is 24.2 Å². The molecule has 0 saturated heterocycles. The molecule has 0 amide bonds. The minimum absolute atomic E-state index is 0.0888. The summed E-state index contributed by atoms with van der Waals surface area (Å²) in [4.78, 5) is 31.8. The Morgan fingerprint density at radius 1 is 1.33 bits per heavy atom. The molecule has 2 aromatic rings. The average molecular weight is 302 g/mol. The van der Waals surface area contributed by atoms with Gasteiger partial charge in [0.2, 0.25) is 5.95 Å². The summed E-state index contributed by atoms with van der Waals surface area (Å²) in [5.74, 6) is 0.0917. The van der Waals surface area contributed by atoms with Crippen LogP contribution in [0, 0.1) is 0 Å². The molecule has 116 valence electrons. The van der Waals surface area contributed by atoms with Crippen molar-refractivity contribution in [3.05, 3.63) is 20.8 Å². The molecule has 0 aliphatic heterocycles. The van der Waals surface area contributed by atoms with Gasteiger partial charge in [0, 0.05) is 27.2 Å². The van der Waals surface area contributed by atoms with Crippen LogP contribution in [-0.4, -0.2) is 45.2 Å². The lowest BCUT2D eigenvalue weighted by atomic mass is 10.5. The molecular weight excluding hydrogens is 286 g/mol. The summed E-state index contributed by atoms with van der Waals surface area (Å²) in [6.07, 6.45) is -2.57. The molecule has 0 aliphatic carbocycles. The van der Waals surface area contributed by atoms with Crippen LogP contribution in [0.15, 0.2) is 9.59 Å². The van der Waals surface area contributed by atoms with Crippen molar-refractivity contribution >= 4 is 17.1 Å². The van der Waals surface area contributed by atoms with Crippen LogP contribution >= 0.6 is 0 Å². The second kappa shape index (κ2) is 5.64. The fourth-order valence-electron chi connectivity index (χ4n) is 2.07. The Morgan fingerprint density at radius 2 is 2.00 bits per heavy atom. The number of nitrogens with one attached hydrogen (secondary N) is 1. The van der Waals surface area contributed by atoms with Crippen molar-refractivity contribution < 1.29 is 8.78 Å². The van der Waals surface area contributed by atoms with Gasteiger partial charge in [0.25, 0.3) is 12.0 Å². The van der Waals surface area contributed by atoms with Gasteiger partial charge in [0.15, 0.2) is 11.2 Å². The zero-order valence-electron chi connectivity index (χ0n) is 11.6. The Kier molecular flexibility index (Phi) is 4.07. The Balaban J connectivity index is 2.61. The lowest BCUT2D eigenvalue weighted by molar-refractivity contribution is 0.154. The lowest BCUT2D eigenvalue weighted by Crippen LogP contribution is -2.36. The number of hydrogen-bond donors (Lipinski definition) is 2. The maximum absolute atomic E-state index is 12.6. The molecule has 3 N–H and O–H groups in total. The summed E-state index contributed by atoms with van der Waals surface area (Å²) >= 11 is 0. The summed E-state index contributed by atoms with van der Waals surface area (Å²) in [6.45, 7) is -0.260. The fourth-order valence-corrected chi connectivity index (χ4v) is 2.07. The molecule has 2 heterocycles. The molecule has 0 aliphatic rings. The second-order valence-electron chi connectivity index (χ2n) is 4.59. The molecule has 0 spiro atoms. The molecular formula is C11H16F2N6O2. The number of hydrogen-bond acceptors (Lipinski definition) is 5. The molecule has 10 heteroatoms. The minimum atomic E-state index is -2.57. The van der Waals surface area contributed by atoms with Crippen molar-refractivity contribution in [1.82, 2.24) is 19.1 Å². The van der Waals surface area contributed by atoms with E-state index in [1.54, 1.807) is 0 Å². The molecule has 2 aromatic heterocycles. The van der Waals surface area contributed by atoms with Gasteiger partial charge in [-0.3, -0.25) is 13.9 Å². The number of alkyl halides is 2. The molecule has 0 saturated carbocycles. The van der Waals surface area contributed by atoms with E-state index in [0.29, 0.717) is 0 Å². The maximum atomic E-state index is 12.6. The van der Waals surface area contributed by atoms with Crippen LogP contribution < -0.4 is 21.9 Å². The normalized spacial score (nSPS) is 11.5. The van der Waals surface area contributed by atoms with Crippen LogP contribution in [0.1, 0.15) is 0 Å². The SMILES string of the molecule is Cn1c(=O)c2[nH]c(N(CCN)CC(F)F)nc2n(C)c1=O. The summed E-state index contributed by atoms with van der Waals surface area (Å²) in [6, 6.07) is 0. The summed E-state index contributed by atoms with van der Waals surface area (Å²) in [5.41, 5.74) is 4.51. The number of aromatic amines is 1. The van der Waals surface area contributed by atoms with E-state index in [4.69, 9.17) is 5.73 Å². The van der Waals surface area contributed by atoms with Gasteiger partial charge in [0.05, 0.1) is 6.54 Å². The Hall–Kier alpha value is -2.23. The Labute approximate surface area is 117 Å². The number of nitrogens with zero attached hydrogens (tertiary/aromatic N) is 4. The molecule has 21 heavy (non-hydrogen) atoms. The molecule has 0 radical (unpaired) electrons. The summed E-state index contributed by atoms with van der Waals surface area (Å²) < 4.78 is 27.3. The Morgan fingerprint density at radius 3 is 2.57 bits per heavy atom. The highest BCUT2D eigenvalue weighted by molar-refractivity contribution is 5.72. The van der Waals surface area contributed by atoms with Crippen molar-refractivity contribution in [3.8, 4) is 0 Å². The molecule has 0 unspecified atom stereocenters. The van der Waals surface area contributed by atoms with E-state index in [1.165, 1.54) is 23.6 Å². The first-order chi connectivity index (χ1) is 9.86. The third kappa shape index (κ3) is 2.66. The van der Waals surface area contributed by atoms with Crippen LogP contribution in [0.4, 0.5) is 14.7 Å². The van der Waals surface area contributed by atoms with Crippen LogP contribution in [0.3, 0.4) is 0 Å². The first-order valence-corrected chi connectivity index (χ1v) is 6.25. The highest BCUT2D eigenvalue weighted by Crippen LogP contribution is 2.14. The molecule has 0 atom stereocenters. The van der Waals surface area contributed by atoms with Gasteiger partial charge < -0.3 is 15.6 Å². The van der Waals surface area contributed by atoms with Gasteiger partial charge >= 0.3 is 5.69 Å². The van der Waals surface area contributed by atoms with Crippen LogP contribution in [0.2, 0.25) is 0 Å². The van der Waals surface area contributed by atoms with Gasteiger partial charge in [-0.2, -0.15) is 4.98 Å².